The largest absolute Gasteiger partial charge is 0.495 e. The molecule has 0 fully saturated rings. The van der Waals surface area contributed by atoms with Crippen LogP contribution in [-0.2, 0) is 0 Å². The van der Waals surface area contributed by atoms with E-state index in [2.05, 4.69) is 10.3 Å². The van der Waals surface area contributed by atoms with Crippen LogP contribution >= 0.6 is 0 Å². The number of benzene rings is 2. The predicted molar refractivity (Wildman–Crippen MR) is 95.5 cm³/mol. The Morgan fingerprint density at radius 2 is 1.80 bits per heavy atom. The summed E-state index contributed by atoms with van der Waals surface area (Å²) in [5.41, 5.74) is 0.820. The van der Waals surface area contributed by atoms with E-state index >= 15 is 0 Å². The Kier molecular flexibility index (Phi) is 4.35. The number of ether oxygens (including phenoxy) is 1. The number of nitrogens with one attached hydrogen (secondary N) is 2. The lowest BCUT2D eigenvalue weighted by molar-refractivity contribution is 0.101. The molecule has 3 aromatic rings. The number of H-pyrrole nitrogens is 1. The quantitative estimate of drug-likeness (QED) is 0.717. The van der Waals surface area contributed by atoms with Gasteiger partial charge in [-0.05, 0) is 31.2 Å². The average molecular weight is 336 g/mol. The van der Waals surface area contributed by atoms with Gasteiger partial charge in [-0.25, -0.2) is 0 Å². The fourth-order valence-electron chi connectivity index (χ4n) is 2.65. The van der Waals surface area contributed by atoms with Gasteiger partial charge < -0.3 is 15.0 Å². The second-order valence-electron chi connectivity index (χ2n) is 5.47. The second kappa shape index (κ2) is 6.60. The lowest BCUT2D eigenvalue weighted by Gasteiger charge is -2.10. The lowest BCUT2D eigenvalue weighted by atomic mass is 10.1. The number of hydrogen-bond acceptors (Lipinski definition) is 4. The summed E-state index contributed by atoms with van der Waals surface area (Å²) in [5, 5.41) is 2.98. The number of rotatable bonds is 4. The molecule has 6 nitrogen and oxygen atoms in total. The molecular formula is C19H16N2O4. The van der Waals surface area contributed by atoms with Crippen LogP contribution in [-0.4, -0.2) is 23.8 Å². The summed E-state index contributed by atoms with van der Waals surface area (Å²) in [6, 6.07) is 11.7. The molecule has 126 valence electrons. The summed E-state index contributed by atoms with van der Waals surface area (Å²) in [6.45, 7) is 1.42. The van der Waals surface area contributed by atoms with Crippen molar-refractivity contribution in [1.29, 1.82) is 0 Å². The van der Waals surface area contributed by atoms with Crippen LogP contribution in [0.5, 0.6) is 5.75 Å². The molecule has 1 amide bonds. The molecule has 0 aliphatic heterocycles. The number of aromatic amines is 1. The highest BCUT2D eigenvalue weighted by Crippen LogP contribution is 2.21. The molecule has 0 aliphatic rings. The van der Waals surface area contributed by atoms with Gasteiger partial charge >= 0.3 is 0 Å². The number of carbonyl (C=O) groups is 2. The van der Waals surface area contributed by atoms with Crippen LogP contribution in [0.25, 0.3) is 10.9 Å². The Morgan fingerprint density at radius 1 is 1.04 bits per heavy atom. The van der Waals surface area contributed by atoms with Gasteiger partial charge in [0.15, 0.2) is 5.78 Å². The number of hydrogen-bond donors (Lipinski definition) is 2. The molecule has 0 unspecified atom stereocenters. The fourth-order valence-corrected chi connectivity index (χ4v) is 2.65. The van der Waals surface area contributed by atoms with Crippen LogP contribution in [0.4, 0.5) is 5.69 Å². The van der Waals surface area contributed by atoms with E-state index in [0.29, 0.717) is 27.9 Å². The molecule has 6 heteroatoms. The van der Waals surface area contributed by atoms with Gasteiger partial charge in [0.2, 0.25) is 5.43 Å². The maximum absolute atomic E-state index is 12.6. The summed E-state index contributed by atoms with van der Waals surface area (Å²) in [7, 11) is 1.51. The van der Waals surface area contributed by atoms with Gasteiger partial charge in [0.05, 0.1) is 23.7 Å². The third-order valence-electron chi connectivity index (χ3n) is 3.90. The third kappa shape index (κ3) is 3.01. The van der Waals surface area contributed by atoms with Crippen LogP contribution in [0, 0.1) is 0 Å². The topological polar surface area (TPSA) is 88.3 Å². The first kappa shape index (κ1) is 16.4. The predicted octanol–water partition coefficient (Wildman–Crippen LogP) is 2.99. The van der Waals surface area contributed by atoms with Crippen LogP contribution in [0.3, 0.4) is 0 Å². The number of aromatic nitrogens is 1. The number of carbonyl (C=O) groups excluding carboxylic acids is 2. The number of amides is 1. The van der Waals surface area contributed by atoms with Crippen molar-refractivity contribution in [2.45, 2.75) is 6.92 Å². The highest BCUT2D eigenvalue weighted by Gasteiger charge is 2.16. The lowest BCUT2D eigenvalue weighted by Crippen LogP contribution is -2.22. The van der Waals surface area contributed by atoms with Gasteiger partial charge in [0, 0.05) is 11.8 Å². The van der Waals surface area contributed by atoms with Gasteiger partial charge in [-0.3, -0.25) is 14.4 Å². The molecule has 0 aliphatic carbocycles. The summed E-state index contributed by atoms with van der Waals surface area (Å²) in [4.78, 5) is 39.8. The minimum atomic E-state index is -0.584. The first-order valence-electron chi connectivity index (χ1n) is 7.62. The molecule has 0 atom stereocenters. The van der Waals surface area contributed by atoms with Crippen molar-refractivity contribution < 1.29 is 14.3 Å². The van der Waals surface area contributed by atoms with E-state index < -0.39 is 11.3 Å². The van der Waals surface area contributed by atoms with E-state index in [1.54, 1.807) is 42.5 Å². The van der Waals surface area contributed by atoms with Gasteiger partial charge in [0.25, 0.3) is 5.91 Å². The number of methoxy groups -OCH3 is 1. The molecule has 2 N–H and O–H groups in total. The molecule has 2 aromatic carbocycles. The monoisotopic (exact) mass is 336 g/mol. The smallest absolute Gasteiger partial charge is 0.261 e. The Balaban J connectivity index is 2.03. The SMILES string of the molecule is COc1cccc2c(=O)c(C(=O)Nc3ccccc3C(C)=O)c[nH]c12. The van der Waals surface area contributed by atoms with Crippen LogP contribution in [0.15, 0.2) is 53.5 Å². The number of pyridine rings is 1. The van der Waals surface area contributed by atoms with Crippen LogP contribution in [0.1, 0.15) is 27.6 Å². The zero-order chi connectivity index (χ0) is 18.0. The number of Topliss-reactive ketones (excluding diaryl/α,β-unsaturated/α-hetero) is 1. The average Bonchev–Trinajstić information content (AvgIpc) is 2.61. The molecular weight excluding hydrogens is 320 g/mol. The van der Waals surface area contributed by atoms with Gasteiger partial charge in [-0.1, -0.05) is 18.2 Å². The summed E-state index contributed by atoms with van der Waals surface area (Å²) in [5.74, 6) is -0.240. The fraction of sp³-hybridized carbons (Fsp3) is 0.105. The highest BCUT2D eigenvalue weighted by atomic mass is 16.5. The van der Waals surface area contributed by atoms with Crippen molar-refractivity contribution in [3.05, 3.63) is 70.0 Å². The standard InChI is InChI=1S/C19H16N2O4/c1-11(22)12-6-3-4-8-15(12)21-19(24)14-10-20-17-13(18(14)23)7-5-9-16(17)25-2/h3-10H,1-2H3,(H,20,23)(H,21,24). The zero-order valence-corrected chi connectivity index (χ0v) is 13.8. The maximum atomic E-state index is 12.6. The van der Waals surface area contributed by atoms with E-state index in [1.165, 1.54) is 20.2 Å². The number of para-hydroxylation sites is 2. The molecule has 0 saturated heterocycles. The molecule has 0 radical (unpaired) electrons. The zero-order valence-electron chi connectivity index (χ0n) is 13.8. The molecule has 25 heavy (non-hydrogen) atoms. The summed E-state index contributed by atoms with van der Waals surface area (Å²) >= 11 is 0. The van der Waals surface area contributed by atoms with E-state index in [-0.39, 0.29) is 11.3 Å². The van der Waals surface area contributed by atoms with Gasteiger partial charge in [-0.15, -0.1) is 0 Å². The maximum Gasteiger partial charge on any atom is 0.261 e. The third-order valence-corrected chi connectivity index (χ3v) is 3.90. The van der Waals surface area contributed by atoms with E-state index in [4.69, 9.17) is 4.74 Å². The van der Waals surface area contributed by atoms with E-state index in [9.17, 15) is 14.4 Å². The van der Waals surface area contributed by atoms with Crippen molar-refractivity contribution in [3.63, 3.8) is 0 Å². The van der Waals surface area contributed by atoms with Crippen LogP contribution in [0.2, 0.25) is 0 Å². The Labute approximate surface area is 143 Å². The summed E-state index contributed by atoms with van der Waals surface area (Å²) < 4.78 is 5.21. The first-order valence-corrected chi connectivity index (χ1v) is 7.62. The molecule has 3 rings (SSSR count). The Bertz CT molecular complexity index is 1040. The normalized spacial score (nSPS) is 10.5. The molecule has 0 saturated carbocycles. The van der Waals surface area contributed by atoms with Crippen molar-refractivity contribution in [1.82, 2.24) is 4.98 Å². The number of fused-ring (bicyclic) bond motifs is 1. The Hall–Kier alpha value is -3.41. The highest BCUT2D eigenvalue weighted by molar-refractivity contribution is 6.09. The minimum Gasteiger partial charge on any atom is -0.495 e. The van der Waals surface area contributed by atoms with Gasteiger partial charge in [-0.2, -0.15) is 0 Å². The van der Waals surface area contributed by atoms with Crippen LogP contribution < -0.4 is 15.5 Å². The number of ketones is 1. The van der Waals surface area contributed by atoms with E-state index in [1.807, 2.05) is 0 Å². The minimum absolute atomic E-state index is 0.0425. The van der Waals surface area contributed by atoms with Crippen molar-refractivity contribution in [3.8, 4) is 5.75 Å². The van der Waals surface area contributed by atoms with Gasteiger partial charge in [0.1, 0.15) is 11.3 Å². The summed E-state index contributed by atoms with van der Waals surface area (Å²) in [6.07, 6.45) is 1.35. The Morgan fingerprint density at radius 3 is 2.52 bits per heavy atom. The molecule has 0 bridgehead atoms. The molecule has 0 spiro atoms. The van der Waals surface area contributed by atoms with Crippen molar-refractivity contribution >= 4 is 28.3 Å². The number of anilines is 1. The molecule has 1 aromatic heterocycles. The van der Waals surface area contributed by atoms with E-state index in [0.717, 1.165) is 0 Å². The molecule has 1 heterocycles. The van der Waals surface area contributed by atoms with Crippen molar-refractivity contribution in [2.75, 3.05) is 12.4 Å². The first-order chi connectivity index (χ1) is 12.0. The second-order valence-corrected chi connectivity index (χ2v) is 5.47. The van der Waals surface area contributed by atoms with Crippen molar-refractivity contribution in [2.24, 2.45) is 0 Å².